The fourth-order valence-corrected chi connectivity index (χ4v) is 7.79. The zero-order valence-electron chi connectivity index (χ0n) is 25.7. The molecule has 1 aliphatic heterocycles. The summed E-state index contributed by atoms with van der Waals surface area (Å²) in [6, 6.07) is 15.8. The highest BCUT2D eigenvalue weighted by atomic mass is 16.5. The van der Waals surface area contributed by atoms with E-state index in [0.717, 1.165) is 62.9 Å². The molecule has 3 fully saturated rings. The summed E-state index contributed by atoms with van der Waals surface area (Å²) < 4.78 is 18.1. The van der Waals surface area contributed by atoms with E-state index in [4.69, 9.17) is 14.2 Å². The van der Waals surface area contributed by atoms with Crippen molar-refractivity contribution >= 4 is 0 Å². The number of likely N-dealkylation sites (tertiary alicyclic amines) is 1. The van der Waals surface area contributed by atoms with Crippen molar-refractivity contribution in [3.63, 3.8) is 0 Å². The van der Waals surface area contributed by atoms with Crippen LogP contribution in [-0.2, 0) is 0 Å². The molecule has 0 spiro atoms. The Hall–Kier alpha value is -2.83. The van der Waals surface area contributed by atoms with Crippen LogP contribution in [0.2, 0.25) is 0 Å². The van der Waals surface area contributed by atoms with Crippen LogP contribution in [0, 0.1) is 22.2 Å². The highest BCUT2D eigenvalue weighted by molar-refractivity contribution is 5.47. The molecule has 1 atom stereocenters. The van der Waals surface area contributed by atoms with E-state index >= 15 is 0 Å². The largest absolute Gasteiger partial charge is 0.495 e. The van der Waals surface area contributed by atoms with Crippen molar-refractivity contribution in [1.29, 1.82) is 5.26 Å². The van der Waals surface area contributed by atoms with E-state index in [0.29, 0.717) is 23.1 Å². The van der Waals surface area contributed by atoms with Gasteiger partial charge in [0.15, 0.2) is 0 Å². The van der Waals surface area contributed by atoms with Crippen LogP contribution in [0.25, 0.3) is 0 Å². The minimum Gasteiger partial charge on any atom is -0.495 e. The molecule has 5 rings (SSSR count). The first-order valence-corrected chi connectivity index (χ1v) is 15.4. The second kappa shape index (κ2) is 12.4. The molecule has 3 aliphatic rings. The van der Waals surface area contributed by atoms with Crippen molar-refractivity contribution in [2.45, 2.75) is 103 Å². The van der Waals surface area contributed by atoms with Crippen molar-refractivity contribution in [2.24, 2.45) is 10.8 Å². The van der Waals surface area contributed by atoms with Gasteiger partial charge in [-0.25, -0.2) is 0 Å². The lowest BCUT2D eigenvalue weighted by Crippen LogP contribution is -2.74. The second-order valence-electron chi connectivity index (χ2n) is 13.5. The van der Waals surface area contributed by atoms with Crippen LogP contribution in [0.15, 0.2) is 42.5 Å². The van der Waals surface area contributed by atoms with Crippen LogP contribution in [0.4, 0.5) is 0 Å². The lowest BCUT2D eigenvalue weighted by molar-refractivity contribution is -0.179. The Balaban J connectivity index is 1.13. The summed E-state index contributed by atoms with van der Waals surface area (Å²) in [4.78, 5) is 2.55. The number of piperidine rings is 1. The number of methoxy groups -OCH3 is 1. The molecule has 42 heavy (non-hydrogen) atoms. The second-order valence-corrected chi connectivity index (χ2v) is 13.5. The molecule has 0 amide bonds. The number of hydrogen-bond donors (Lipinski definition) is 3. The van der Waals surface area contributed by atoms with Crippen molar-refractivity contribution in [1.82, 2.24) is 10.2 Å². The Morgan fingerprint density at radius 2 is 1.52 bits per heavy atom. The molecule has 2 aromatic carbocycles. The molecule has 8 nitrogen and oxygen atoms in total. The maximum absolute atomic E-state index is 11.1. The van der Waals surface area contributed by atoms with E-state index in [1.54, 1.807) is 25.3 Å². The maximum Gasteiger partial charge on any atom is 0.140 e. The molecule has 0 bridgehead atoms. The summed E-state index contributed by atoms with van der Waals surface area (Å²) in [6.07, 6.45) is 5.30. The van der Waals surface area contributed by atoms with Gasteiger partial charge < -0.3 is 29.3 Å². The third-order valence-corrected chi connectivity index (χ3v) is 9.87. The number of nitriles is 1. The molecule has 0 radical (unpaired) electrons. The van der Waals surface area contributed by atoms with Gasteiger partial charge in [0.1, 0.15) is 35.6 Å². The molecule has 2 aromatic rings. The topological polar surface area (TPSA) is 107 Å². The van der Waals surface area contributed by atoms with E-state index in [9.17, 15) is 15.5 Å². The summed E-state index contributed by atoms with van der Waals surface area (Å²) in [5.41, 5.74) is 0.743. The summed E-state index contributed by atoms with van der Waals surface area (Å²) in [7, 11) is 1.55. The zero-order valence-corrected chi connectivity index (χ0v) is 25.7. The van der Waals surface area contributed by atoms with Crippen LogP contribution in [0.3, 0.4) is 0 Å². The molecule has 1 saturated heterocycles. The smallest absolute Gasteiger partial charge is 0.140 e. The number of benzene rings is 2. The summed E-state index contributed by atoms with van der Waals surface area (Å²) in [5, 5.41) is 33.7. The lowest BCUT2D eigenvalue weighted by Gasteiger charge is -2.63. The lowest BCUT2D eigenvalue weighted by atomic mass is 9.49. The molecular weight excluding hydrogens is 530 g/mol. The van der Waals surface area contributed by atoms with Crippen molar-refractivity contribution in [3.05, 3.63) is 53.6 Å². The fourth-order valence-electron chi connectivity index (χ4n) is 7.79. The number of ether oxygens (including phenoxy) is 3. The minimum absolute atomic E-state index is 0.000411. The van der Waals surface area contributed by atoms with Gasteiger partial charge in [-0.3, -0.25) is 5.32 Å². The van der Waals surface area contributed by atoms with Crippen LogP contribution in [-0.4, -0.2) is 65.7 Å². The molecule has 2 saturated carbocycles. The molecule has 0 aromatic heterocycles. The Kier molecular flexibility index (Phi) is 9.05. The first-order valence-electron chi connectivity index (χ1n) is 15.4. The molecule has 228 valence electrons. The first kappa shape index (κ1) is 30.6. The standard InChI is InChI=1S/C34H47N3O5/c1-33(2)31(34(3,4)32(33)42-28-13-8-23(21-35)29(20-28)40-5)36-30(39)22-6-11-26(12-7-22)41-27-14-9-24(10-15-27)37-18-16-25(38)17-19-37/h6-8,11-13,20,24-25,27,30-32,36,38-39H,9-10,14-19H2,1-5H3. The Morgan fingerprint density at radius 1 is 0.905 bits per heavy atom. The van der Waals surface area contributed by atoms with Gasteiger partial charge in [-0.05, 0) is 68.4 Å². The highest BCUT2D eigenvalue weighted by Crippen LogP contribution is 2.56. The van der Waals surface area contributed by atoms with E-state index in [1.807, 2.05) is 24.3 Å². The molecule has 1 unspecified atom stereocenters. The summed E-state index contributed by atoms with van der Waals surface area (Å²) >= 11 is 0. The molecule has 3 N–H and O–H groups in total. The summed E-state index contributed by atoms with van der Waals surface area (Å²) in [5.74, 6) is 1.99. The van der Waals surface area contributed by atoms with Crippen molar-refractivity contribution < 1.29 is 24.4 Å². The number of aliphatic hydroxyl groups is 2. The normalized spacial score (nSPS) is 28.2. The van der Waals surface area contributed by atoms with Gasteiger partial charge in [0.2, 0.25) is 0 Å². The average molecular weight is 578 g/mol. The molecule has 1 heterocycles. The van der Waals surface area contributed by atoms with Crippen molar-refractivity contribution in [2.75, 3.05) is 20.2 Å². The number of nitrogens with zero attached hydrogens (tertiary/aromatic N) is 2. The van der Waals surface area contributed by atoms with E-state index in [1.165, 1.54) is 0 Å². The molecule has 2 aliphatic carbocycles. The third-order valence-electron chi connectivity index (χ3n) is 9.87. The Labute approximate surface area is 250 Å². The number of hydrogen-bond acceptors (Lipinski definition) is 8. The van der Waals surface area contributed by atoms with Gasteiger partial charge in [0.05, 0.1) is 24.9 Å². The number of nitrogens with one attached hydrogen (secondary N) is 1. The van der Waals surface area contributed by atoms with Gasteiger partial charge in [0.25, 0.3) is 0 Å². The number of rotatable bonds is 9. The monoisotopic (exact) mass is 577 g/mol. The fraction of sp³-hybridized carbons (Fsp3) is 0.618. The van der Waals surface area contributed by atoms with Gasteiger partial charge in [-0.2, -0.15) is 5.26 Å². The van der Waals surface area contributed by atoms with E-state index in [-0.39, 0.29) is 35.2 Å². The zero-order chi connectivity index (χ0) is 30.1. The molecule has 8 heteroatoms. The van der Waals surface area contributed by atoms with Gasteiger partial charge in [-0.1, -0.05) is 39.8 Å². The van der Waals surface area contributed by atoms with Crippen LogP contribution >= 0.6 is 0 Å². The SMILES string of the molecule is COc1cc(OC2C(C)(C)C(NC(O)c3ccc(OC4CCC(N5CCC(O)CC5)CC4)cc3)C2(C)C)ccc1C#N. The van der Waals surface area contributed by atoms with Gasteiger partial charge in [-0.15, -0.1) is 0 Å². The minimum atomic E-state index is -0.822. The number of aliphatic hydroxyl groups excluding tert-OH is 2. The van der Waals surface area contributed by atoms with Crippen LogP contribution in [0.1, 0.15) is 83.6 Å². The van der Waals surface area contributed by atoms with Crippen LogP contribution in [0.5, 0.6) is 17.2 Å². The first-order chi connectivity index (χ1) is 20.0. The summed E-state index contributed by atoms with van der Waals surface area (Å²) in [6.45, 7) is 10.6. The average Bonchev–Trinajstić information content (AvgIpc) is 2.99. The van der Waals surface area contributed by atoms with E-state index in [2.05, 4.69) is 44.0 Å². The quantitative estimate of drug-likeness (QED) is 0.350. The van der Waals surface area contributed by atoms with Crippen LogP contribution < -0.4 is 19.5 Å². The Bertz CT molecular complexity index is 1220. The predicted molar refractivity (Wildman–Crippen MR) is 161 cm³/mol. The van der Waals surface area contributed by atoms with Crippen molar-refractivity contribution in [3.8, 4) is 23.3 Å². The predicted octanol–water partition coefficient (Wildman–Crippen LogP) is 5.18. The highest BCUT2D eigenvalue weighted by Gasteiger charge is 2.63. The van der Waals surface area contributed by atoms with E-state index < -0.39 is 6.23 Å². The maximum atomic E-state index is 11.1. The third kappa shape index (κ3) is 6.26. The van der Waals surface area contributed by atoms with Gasteiger partial charge in [0, 0.05) is 42.1 Å². The van der Waals surface area contributed by atoms with Gasteiger partial charge >= 0.3 is 0 Å². The molecular formula is C34H47N3O5. The Morgan fingerprint density at radius 3 is 2.12 bits per heavy atom.